The summed E-state index contributed by atoms with van der Waals surface area (Å²) in [7, 11) is 1.87. The fourth-order valence-corrected chi connectivity index (χ4v) is 4.93. The molecule has 1 N–H and O–H groups in total. The van der Waals surface area contributed by atoms with Crippen molar-refractivity contribution in [3.05, 3.63) is 42.0 Å². The number of aliphatic imine (C=N–C) groups is 1. The minimum Gasteiger partial charge on any atom is -0.349 e. The molecule has 1 unspecified atom stereocenters. The highest BCUT2D eigenvalue weighted by atomic mass is 127. The lowest BCUT2D eigenvalue weighted by Crippen LogP contribution is -2.40. The Kier molecular flexibility index (Phi) is 8.01. The van der Waals surface area contributed by atoms with Gasteiger partial charge in [-0.15, -0.1) is 45.9 Å². The largest absolute Gasteiger partial charge is 0.349 e. The number of aryl methyl sites for hydroxylation is 1. The zero-order chi connectivity index (χ0) is 18.5. The molecule has 152 valence electrons. The number of aromatic nitrogens is 3. The maximum atomic E-state index is 4.50. The standard InChI is InChI=1S/C20H28N6S.HI/c1-21-20(22-13-19-24-23-18-9-5-6-11-26(18)19)25-12-10-16(14-25)15-27-17-7-3-2-4-8-17;/h2-4,7-8,16H,5-6,9-15H2,1H3,(H,21,22);1H. The maximum absolute atomic E-state index is 4.50. The molecule has 2 aromatic rings. The fourth-order valence-electron chi connectivity index (χ4n) is 3.88. The van der Waals surface area contributed by atoms with Gasteiger partial charge >= 0.3 is 0 Å². The van der Waals surface area contributed by atoms with Crippen molar-refractivity contribution >= 4 is 41.7 Å². The molecular weight excluding hydrogens is 483 g/mol. The number of thioether (sulfide) groups is 1. The first-order valence-corrected chi connectivity index (χ1v) is 10.9. The predicted molar refractivity (Wildman–Crippen MR) is 125 cm³/mol. The van der Waals surface area contributed by atoms with Gasteiger partial charge in [-0.3, -0.25) is 4.99 Å². The summed E-state index contributed by atoms with van der Waals surface area (Å²) in [5, 5.41) is 12.2. The smallest absolute Gasteiger partial charge is 0.194 e. The highest BCUT2D eigenvalue weighted by Gasteiger charge is 2.25. The zero-order valence-electron chi connectivity index (χ0n) is 16.4. The normalized spacial score (nSPS) is 19.2. The van der Waals surface area contributed by atoms with Crippen LogP contribution in [0.4, 0.5) is 0 Å². The first kappa shape index (κ1) is 21.4. The predicted octanol–water partition coefficient (Wildman–Crippen LogP) is 3.42. The number of nitrogens with one attached hydrogen (secondary N) is 1. The summed E-state index contributed by atoms with van der Waals surface area (Å²) < 4.78 is 2.27. The SMILES string of the molecule is CN=C(NCc1nnc2n1CCCC2)N1CCC(CSc2ccccc2)C1.I. The quantitative estimate of drug-likeness (QED) is 0.288. The Morgan fingerprint density at radius 3 is 2.89 bits per heavy atom. The van der Waals surface area contributed by atoms with Crippen LogP contribution in [-0.2, 0) is 19.5 Å². The number of fused-ring (bicyclic) bond motifs is 1. The lowest BCUT2D eigenvalue weighted by atomic mass is 10.2. The van der Waals surface area contributed by atoms with Crippen LogP contribution >= 0.6 is 35.7 Å². The van der Waals surface area contributed by atoms with Gasteiger partial charge in [0.2, 0.25) is 0 Å². The molecule has 0 bridgehead atoms. The summed E-state index contributed by atoms with van der Waals surface area (Å²) in [4.78, 5) is 8.24. The summed E-state index contributed by atoms with van der Waals surface area (Å²) in [6.45, 7) is 3.87. The Bertz CT molecular complexity index is 778. The highest BCUT2D eigenvalue weighted by Crippen LogP contribution is 2.26. The van der Waals surface area contributed by atoms with Gasteiger partial charge in [0.1, 0.15) is 5.82 Å². The summed E-state index contributed by atoms with van der Waals surface area (Å²) in [5.41, 5.74) is 0. The number of benzene rings is 1. The monoisotopic (exact) mass is 512 g/mol. The molecule has 0 spiro atoms. The molecule has 6 nitrogen and oxygen atoms in total. The lowest BCUT2D eigenvalue weighted by Gasteiger charge is -2.22. The molecule has 8 heteroatoms. The van der Waals surface area contributed by atoms with Gasteiger partial charge in [-0.2, -0.15) is 0 Å². The van der Waals surface area contributed by atoms with Crippen molar-refractivity contribution in [2.45, 2.75) is 43.7 Å². The van der Waals surface area contributed by atoms with Crippen molar-refractivity contribution in [2.75, 3.05) is 25.9 Å². The van der Waals surface area contributed by atoms with E-state index in [9.17, 15) is 0 Å². The van der Waals surface area contributed by atoms with Gasteiger partial charge < -0.3 is 14.8 Å². The van der Waals surface area contributed by atoms with E-state index in [1.165, 1.54) is 24.2 Å². The number of hydrogen-bond donors (Lipinski definition) is 1. The van der Waals surface area contributed by atoms with Crippen molar-refractivity contribution in [2.24, 2.45) is 10.9 Å². The van der Waals surface area contributed by atoms with Gasteiger partial charge in [0.05, 0.1) is 6.54 Å². The fraction of sp³-hybridized carbons (Fsp3) is 0.550. The van der Waals surface area contributed by atoms with Gasteiger partial charge in [0.25, 0.3) is 0 Å². The van der Waals surface area contributed by atoms with Gasteiger partial charge in [-0.1, -0.05) is 18.2 Å². The third kappa shape index (κ3) is 5.20. The number of hydrogen-bond acceptors (Lipinski definition) is 4. The second kappa shape index (κ2) is 10.5. The van der Waals surface area contributed by atoms with E-state index >= 15 is 0 Å². The summed E-state index contributed by atoms with van der Waals surface area (Å²) in [6.07, 6.45) is 4.72. The van der Waals surface area contributed by atoms with Crippen LogP contribution in [0.15, 0.2) is 40.2 Å². The molecule has 2 aliphatic heterocycles. The van der Waals surface area contributed by atoms with Crippen molar-refractivity contribution in [3.63, 3.8) is 0 Å². The number of rotatable bonds is 5. The second-order valence-corrected chi connectivity index (χ2v) is 8.36. The molecule has 0 aliphatic carbocycles. The van der Waals surface area contributed by atoms with Crippen molar-refractivity contribution in [1.29, 1.82) is 0 Å². The molecule has 0 amide bonds. The summed E-state index contributed by atoms with van der Waals surface area (Å²) in [5.74, 6) is 5.01. The van der Waals surface area contributed by atoms with E-state index in [1.54, 1.807) is 0 Å². The molecule has 1 aromatic heterocycles. The van der Waals surface area contributed by atoms with Crippen LogP contribution in [0, 0.1) is 5.92 Å². The first-order chi connectivity index (χ1) is 13.3. The maximum Gasteiger partial charge on any atom is 0.194 e. The summed E-state index contributed by atoms with van der Waals surface area (Å²) >= 11 is 1.96. The number of likely N-dealkylation sites (tertiary alicyclic amines) is 1. The van der Waals surface area contributed by atoms with Crippen molar-refractivity contribution in [1.82, 2.24) is 25.0 Å². The first-order valence-electron chi connectivity index (χ1n) is 9.88. The van der Waals surface area contributed by atoms with E-state index in [0.29, 0.717) is 12.5 Å². The number of guanidine groups is 1. The second-order valence-electron chi connectivity index (χ2n) is 7.27. The van der Waals surface area contributed by atoms with Crippen LogP contribution in [-0.4, -0.2) is 51.5 Å². The highest BCUT2D eigenvalue weighted by molar-refractivity contribution is 14.0. The molecule has 4 rings (SSSR count). The third-order valence-corrected chi connectivity index (χ3v) is 6.61. The van der Waals surface area contributed by atoms with Gasteiger partial charge in [0.15, 0.2) is 11.8 Å². The van der Waals surface area contributed by atoms with Crippen LogP contribution in [0.2, 0.25) is 0 Å². The zero-order valence-corrected chi connectivity index (χ0v) is 19.5. The van der Waals surface area contributed by atoms with Crippen LogP contribution in [0.1, 0.15) is 30.9 Å². The van der Waals surface area contributed by atoms with Gasteiger partial charge in [-0.25, -0.2) is 0 Å². The average molecular weight is 512 g/mol. The Morgan fingerprint density at radius 1 is 1.21 bits per heavy atom. The van der Waals surface area contributed by atoms with Crippen LogP contribution in [0.3, 0.4) is 0 Å². The van der Waals surface area contributed by atoms with E-state index in [0.717, 1.165) is 49.4 Å². The number of halogens is 1. The Morgan fingerprint density at radius 2 is 2.07 bits per heavy atom. The summed E-state index contributed by atoms with van der Waals surface area (Å²) in [6, 6.07) is 10.7. The molecule has 1 fully saturated rings. The molecule has 0 radical (unpaired) electrons. The Hall–Kier alpha value is -1.29. The molecule has 28 heavy (non-hydrogen) atoms. The van der Waals surface area contributed by atoms with E-state index < -0.39 is 0 Å². The number of nitrogens with zero attached hydrogens (tertiary/aromatic N) is 5. The van der Waals surface area contributed by atoms with Crippen LogP contribution in [0.5, 0.6) is 0 Å². The molecule has 0 saturated carbocycles. The lowest BCUT2D eigenvalue weighted by molar-refractivity contribution is 0.467. The molecule has 1 atom stereocenters. The molecule has 1 aromatic carbocycles. The Labute approximate surface area is 188 Å². The van der Waals surface area contributed by atoms with Crippen molar-refractivity contribution in [3.8, 4) is 0 Å². The third-order valence-electron chi connectivity index (χ3n) is 5.37. The van der Waals surface area contributed by atoms with E-state index in [4.69, 9.17) is 0 Å². The molecule has 2 aliphatic rings. The topological polar surface area (TPSA) is 58.3 Å². The molecular formula is C20H29IN6S. The van der Waals surface area contributed by atoms with E-state index in [1.807, 2.05) is 18.8 Å². The van der Waals surface area contributed by atoms with E-state index in [2.05, 4.69) is 60.3 Å². The average Bonchev–Trinajstić information content (AvgIpc) is 3.35. The van der Waals surface area contributed by atoms with Crippen LogP contribution < -0.4 is 5.32 Å². The minimum absolute atomic E-state index is 0. The van der Waals surface area contributed by atoms with Crippen molar-refractivity contribution < 1.29 is 0 Å². The van der Waals surface area contributed by atoms with Gasteiger partial charge in [-0.05, 0) is 37.3 Å². The minimum atomic E-state index is 0. The Balaban J connectivity index is 0.00000225. The molecule has 3 heterocycles. The molecule has 1 saturated heterocycles. The van der Waals surface area contributed by atoms with E-state index in [-0.39, 0.29) is 24.0 Å². The van der Waals surface area contributed by atoms with Gasteiger partial charge in [0, 0.05) is 43.8 Å². The van der Waals surface area contributed by atoms with Crippen LogP contribution in [0.25, 0.3) is 0 Å².